The van der Waals surface area contributed by atoms with Gasteiger partial charge in [-0.25, -0.2) is 9.97 Å². The summed E-state index contributed by atoms with van der Waals surface area (Å²) >= 11 is 5.97. The molecule has 1 aliphatic carbocycles. The summed E-state index contributed by atoms with van der Waals surface area (Å²) in [5, 5.41) is 0.136. The van der Waals surface area contributed by atoms with Crippen LogP contribution in [0.5, 0.6) is 5.75 Å². The van der Waals surface area contributed by atoms with E-state index in [0.717, 1.165) is 18.5 Å². The number of fused-ring (bicyclic) bond motifs is 1. The summed E-state index contributed by atoms with van der Waals surface area (Å²) in [6, 6.07) is 3.75. The summed E-state index contributed by atoms with van der Waals surface area (Å²) in [5.74, 6) is 0.852. The van der Waals surface area contributed by atoms with Crippen LogP contribution < -0.4 is 10.3 Å². The maximum atomic E-state index is 12.8. The van der Waals surface area contributed by atoms with Crippen LogP contribution in [0, 0.1) is 5.92 Å². The molecule has 1 N–H and O–H groups in total. The highest BCUT2D eigenvalue weighted by molar-refractivity contribution is 6.28. The van der Waals surface area contributed by atoms with Gasteiger partial charge in [-0.05, 0) is 42.5 Å². The van der Waals surface area contributed by atoms with Gasteiger partial charge in [0, 0.05) is 13.2 Å². The van der Waals surface area contributed by atoms with E-state index in [9.17, 15) is 4.79 Å². The summed E-state index contributed by atoms with van der Waals surface area (Å²) in [4.78, 5) is 24.2. The number of nitrogens with one attached hydrogen (secondary N) is 1. The Morgan fingerprint density at radius 2 is 2.30 bits per heavy atom. The monoisotopic (exact) mass is 330 g/mol. The number of rotatable bonds is 4. The standard InChI is InChI=1S/C16H15ClN4O2/c1-21-11-7-19-16(17)20-13(11)12(10-3-2-6-18-10)14(15(21)22)23-8-9-4-5-9/h2-3,6-7,9,18H,4-5,8H2,1H3. The maximum Gasteiger partial charge on any atom is 0.293 e. The smallest absolute Gasteiger partial charge is 0.293 e. The van der Waals surface area contributed by atoms with Crippen LogP contribution >= 0.6 is 11.6 Å². The Morgan fingerprint density at radius 3 is 3.00 bits per heavy atom. The number of ether oxygens (including phenoxy) is 1. The molecule has 118 valence electrons. The zero-order valence-corrected chi connectivity index (χ0v) is 13.3. The van der Waals surface area contributed by atoms with Crippen LogP contribution in [0.1, 0.15) is 12.8 Å². The van der Waals surface area contributed by atoms with Crippen LogP contribution in [0.2, 0.25) is 5.28 Å². The van der Waals surface area contributed by atoms with Crippen LogP contribution in [0.15, 0.2) is 29.3 Å². The number of hydrogen-bond donors (Lipinski definition) is 1. The molecule has 0 aliphatic heterocycles. The fraction of sp³-hybridized carbons (Fsp3) is 0.312. The first-order chi connectivity index (χ1) is 11.1. The minimum Gasteiger partial charge on any atom is -0.487 e. The second-order valence-corrected chi connectivity index (χ2v) is 6.12. The molecule has 3 aromatic heterocycles. The molecule has 1 aliphatic rings. The molecule has 1 fully saturated rings. The molecule has 0 unspecified atom stereocenters. The lowest BCUT2D eigenvalue weighted by Crippen LogP contribution is -2.22. The zero-order chi connectivity index (χ0) is 16.0. The molecule has 4 rings (SSSR count). The van der Waals surface area contributed by atoms with Gasteiger partial charge in [-0.3, -0.25) is 4.79 Å². The lowest BCUT2D eigenvalue weighted by molar-refractivity contribution is 0.296. The Balaban J connectivity index is 2.02. The lowest BCUT2D eigenvalue weighted by atomic mass is 10.1. The van der Waals surface area contributed by atoms with Gasteiger partial charge in [0.15, 0.2) is 5.75 Å². The van der Waals surface area contributed by atoms with Crippen molar-refractivity contribution in [3.8, 4) is 17.0 Å². The molecule has 0 radical (unpaired) electrons. The topological polar surface area (TPSA) is 72.8 Å². The lowest BCUT2D eigenvalue weighted by Gasteiger charge is -2.14. The quantitative estimate of drug-likeness (QED) is 0.746. The largest absolute Gasteiger partial charge is 0.487 e. The van der Waals surface area contributed by atoms with E-state index >= 15 is 0 Å². The van der Waals surface area contributed by atoms with Crippen molar-refractivity contribution in [3.63, 3.8) is 0 Å². The van der Waals surface area contributed by atoms with Crippen LogP contribution in [-0.2, 0) is 7.05 Å². The number of aromatic nitrogens is 4. The molecule has 3 heterocycles. The Bertz CT molecular complexity index is 929. The van der Waals surface area contributed by atoms with Crippen molar-refractivity contribution in [1.29, 1.82) is 0 Å². The van der Waals surface area contributed by atoms with Gasteiger partial charge in [0.1, 0.15) is 5.52 Å². The van der Waals surface area contributed by atoms with Gasteiger partial charge in [0.2, 0.25) is 5.28 Å². The highest BCUT2D eigenvalue weighted by atomic mass is 35.5. The van der Waals surface area contributed by atoms with E-state index in [1.54, 1.807) is 19.4 Å². The molecule has 0 amide bonds. The summed E-state index contributed by atoms with van der Waals surface area (Å²) in [6.07, 6.45) is 5.66. The summed E-state index contributed by atoms with van der Waals surface area (Å²) in [6.45, 7) is 0.549. The molecule has 0 aromatic carbocycles. The van der Waals surface area contributed by atoms with E-state index in [0.29, 0.717) is 34.9 Å². The zero-order valence-electron chi connectivity index (χ0n) is 12.5. The highest BCUT2D eigenvalue weighted by Crippen LogP contribution is 2.35. The van der Waals surface area contributed by atoms with E-state index in [2.05, 4.69) is 15.0 Å². The van der Waals surface area contributed by atoms with Gasteiger partial charge in [0.25, 0.3) is 5.56 Å². The number of halogens is 1. The number of hydrogen-bond acceptors (Lipinski definition) is 4. The third-order valence-electron chi connectivity index (χ3n) is 4.09. The second kappa shape index (κ2) is 5.38. The molecule has 6 nitrogen and oxygen atoms in total. The molecule has 0 bridgehead atoms. The van der Waals surface area contributed by atoms with Crippen molar-refractivity contribution in [2.45, 2.75) is 12.8 Å². The van der Waals surface area contributed by atoms with E-state index in [4.69, 9.17) is 16.3 Å². The van der Waals surface area contributed by atoms with Crippen molar-refractivity contribution >= 4 is 22.6 Å². The van der Waals surface area contributed by atoms with Crippen molar-refractivity contribution in [1.82, 2.24) is 19.5 Å². The minimum atomic E-state index is -0.200. The summed E-state index contributed by atoms with van der Waals surface area (Å²) in [5.41, 5.74) is 2.42. The fourth-order valence-electron chi connectivity index (χ4n) is 2.61. The number of pyridine rings is 1. The van der Waals surface area contributed by atoms with Crippen LogP contribution in [-0.4, -0.2) is 26.1 Å². The summed E-state index contributed by atoms with van der Waals surface area (Å²) < 4.78 is 7.39. The van der Waals surface area contributed by atoms with Gasteiger partial charge in [-0.15, -0.1) is 0 Å². The first-order valence-corrected chi connectivity index (χ1v) is 7.84. The maximum absolute atomic E-state index is 12.8. The molecule has 23 heavy (non-hydrogen) atoms. The van der Waals surface area contributed by atoms with Gasteiger partial charge in [-0.2, -0.15) is 0 Å². The first-order valence-electron chi connectivity index (χ1n) is 7.47. The SMILES string of the molecule is Cn1c(=O)c(OCC2CC2)c(-c2ccc[nH]2)c2nc(Cl)ncc21. The Kier molecular flexibility index (Phi) is 3.34. The molecule has 0 saturated heterocycles. The second-order valence-electron chi connectivity index (χ2n) is 5.78. The van der Waals surface area contributed by atoms with Crippen molar-refractivity contribution < 1.29 is 4.74 Å². The van der Waals surface area contributed by atoms with Crippen LogP contribution in [0.3, 0.4) is 0 Å². The first kappa shape index (κ1) is 14.3. The number of aryl methyl sites for hydroxylation is 1. The molecule has 0 spiro atoms. The molecular weight excluding hydrogens is 316 g/mol. The van der Waals surface area contributed by atoms with Crippen molar-refractivity contribution in [2.75, 3.05) is 6.61 Å². The molecule has 0 atom stereocenters. The van der Waals surface area contributed by atoms with Gasteiger partial charge >= 0.3 is 0 Å². The van der Waals surface area contributed by atoms with E-state index < -0.39 is 0 Å². The average Bonchev–Trinajstić information content (AvgIpc) is 3.22. The van der Waals surface area contributed by atoms with E-state index in [1.807, 2.05) is 12.1 Å². The van der Waals surface area contributed by atoms with E-state index in [-0.39, 0.29) is 10.8 Å². The Hall–Kier alpha value is -2.34. The third-order valence-corrected chi connectivity index (χ3v) is 4.27. The predicted molar refractivity (Wildman–Crippen MR) is 87.8 cm³/mol. The van der Waals surface area contributed by atoms with Gasteiger partial charge in [-0.1, -0.05) is 0 Å². The van der Waals surface area contributed by atoms with Crippen molar-refractivity contribution in [2.24, 2.45) is 13.0 Å². The Labute approximate surface area is 137 Å². The minimum absolute atomic E-state index is 0.136. The normalized spacial score (nSPS) is 14.3. The molecule has 1 saturated carbocycles. The number of aromatic amines is 1. The molecular formula is C16H15ClN4O2. The highest BCUT2D eigenvalue weighted by Gasteiger charge is 2.25. The average molecular weight is 331 g/mol. The van der Waals surface area contributed by atoms with Crippen LogP contribution in [0.4, 0.5) is 0 Å². The fourth-order valence-corrected chi connectivity index (χ4v) is 2.75. The van der Waals surface area contributed by atoms with Gasteiger partial charge in [0.05, 0.1) is 29.6 Å². The Morgan fingerprint density at radius 1 is 1.48 bits per heavy atom. The third kappa shape index (κ3) is 2.49. The molecule has 7 heteroatoms. The predicted octanol–water partition coefficient (Wildman–Crippen LogP) is 2.77. The van der Waals surface area contributed by atoms with E-state index in [1.165, 1.54) is 4.57 Å². The molecule has 3 aromatic rings. The summed E-state index contributed by atoms with van der Waals surface area (Å²) in [7, 11) is 1.68. The number of H-pyrrole nitrogens is 1. The number of nitrogens with zero attached hydrogens (tertiary/aromatic N) is 3. The van der Waals surface area contributed by atoms with Crippen LogP contribution in [0.25, 0.3) is 22.3 Å². The van der Waals surface area contributed by atoms with Crippen molar-refractivity contribution in [3.05, 3.63) is 40.2 Å². The van der Waals surface area contributed by atoms with Gasteiger partial charge < -0.3 is 14.3 Å².